The number of imide groups is 1. The predicted octanol–water partition coefficient (Wildman–Crippen LogP) is 3.26. The second-order valence-corrected chi connectivity index (χ2v) is 7.43. The van der Waals surface area contributed by atoms with Crippen molar-refractivity contribution < 1.29 is 29.2 Å². The van der Waals surface area contributed by atoms with Crippen molar-refractivity contribution >= 4 is 34.8 Å². The molecule has 1 aliphatic heterocycles. The highest BCUT2D eigenvalue weighted by molar-refractivity contribution is 6.23. The van der Waals surface area contributed by atoms with Crippen molar-refractivity contribution in [2.45, 2.75) is 6.54 Å². The topological polar surface area (TPSA) is 187 Å². The lowest BCUT2D eigenvalue weighted by molar-refractivity contribution is -0.385. The van der Waals surface area contributed by atoms with Crippen LogP contribution >= 0.6 is 0 Å². The fourth-order valence-electron chi connectivity index (χ4n) is 3.72. The van der Waals surface area contributed by atoms with Crippen LogP contribution in [0.3, 0.4) is 0 Å². The molecular formula is C22H13N5O9. The fourth-order valence-corrected chi connectivity index (χ4v) is 3.72. The fraction of sp³-hybridized carbons (Fsp3) is 0.0455. The minimum absolute atomic E-state index is 0.0381. The van der Waals surface area contributed by atoms with Crippen molar-refractivity contribution in [3.05, 3.63) is 119 Å². The number of fused-ring (bicyclic) bond motifs is 1. The number of hydrogen-bond acceptors (Lipinski definition) is 9. The molecule has 0 fully saturated rings. The summed E-state index contributed by atoms with van der Waals surface area (Å²) in [7, 11) is 0. The largest absolute Gasteiger partial charge is 0.287 e. The zero-order chi connectivity index (χ0) is 26.1. The number of hydrogen-bond donors (Lipinski definition) is 0. The molecule has 0 saturated heterocycles. The number of carbonyl (C=O) groups is 3. The van der Waals surface area contributed by atoms with Crippen LogP contribution in [0.4, 0.5) is 17.1 Å². The number of amides is 3. The Morgan fingerprint density at radius 1 is 0.750 bits per heavy atom. The van der Waals surface area contributed by atoms with Crippen LogP contribution in [0.1, 0.15) is 36.6 Å². The molecule has 14 heteroatoms. The summed E-state index contributed by atoms with van der Waals surface area (Å²) >= 11 is 0. The first-order valence-corrected chi connectivity index (χ1v) is 10.1. The van der Waals surface area contributed by atoms with E-state index in [0.717, 1.165) is 36.4 Å². The number of carbonyl (C=O) groups excluding carboxylic acids is 3. The lowest BCUT2D eigenvalue weighted by Crippen LogP contribution is -2.49. The Labute approximate surface area is 200 Å². The number of hydrazine groups is 1. The summed E-state index contributed by atoms with van der Waals surface area (Å²) in [6.45, 7) is -0.633. The van der Waals surface area contributed by atoms with Gasteiger partial charge >= 0.3 is 0 Å². The number of non-ortho nitro benzene ring substituents is 1. The first kappa shape index (κ1) is 23.6. The minimum atomic E-state index is -1.17. The molecule has 14 nitrogen and oxygen atoms in total. The normalized spacial score (nSPS) is 12.3. The Balaban J connectivity index is 1.83. The molecule has 0 unspecified atom stereocenters. The molecule has 3 aromatic carbocycles. The smallest absolute Gasteiger partial charge is 0.267 e. The summed E-state index contributed by atoms with van der Waals surface area (Å²) in [5.74, 6) is -3.22. The molecule has 0 aromatic heterocycles. The van der Waals surface area contributed by atoms with E-state index in [4.69, 9.17) is 0 Å². The summed E-state index contributed by atoms with van der Waals surface area (Å²) in [5.41, 5.74) is -2.44. The van der Waals surface area contributed by atoms with Crippen LogP contribution in [0.5, 0.6) is 0 Å². The SMILES string of the molecule is O=C(c1ccc([N+](=O)[O-])cc1)N(Cc1ccccc1[N+](=O)[O-])N1C(=O)c2cccc([N+](=O)[O-])c2C1=O. The maximum Gasteiger partial charge on any atom is 0.287 e. The van der Waals surface area contributed by atoms with Crippen molar-refractivity contribution in [3.63, 3.8) is 0 Å². The zero-order valence-electron chi connectivity index (χ0n) is 18.0. The Kier molecular flexibility index (Phi) is 5.92. The highest BCUT2D eigenvalue weighted by Gasteiger charge is 2.46. The van der Waals surface area contributed by atoms with Gasteiger partial charge in [0, 0.05) is 29.8 Å². The van der Waals surface area contributed by atoms with Gasteiger partial charge < -0.3 is 0 Å². The molecule has 180 valence electrons. The molecule has 3 aromatic rings. The van der Waals surface area contributed by atoms with Crippen LogP contribution in [0.25, 0.3) is 0 Å². The van der Waals surface area contributed by atoms with Gasteiger partial charge in [-0.1, -0.05) is 24.3 Å². The van der Waals surface area contributed by atoms with E-state index in [1.807, 2.05) is 0 Å². The molecule has 4 rings (SSSR count). The third-order valence-electron chi connectivity index (χ3n) is 5.38. The van der Waals surface area contributed by atoms with Gasteiger partial charge in [-0.2, -0.15) is 5.01 Å². The monoisotopic (exact) mass is 491 g/mol. The number of nitrogens with zero attached hydrogens (tertiary/aromatic N) is 5. The van der Waals surface area contributed by atoms with Crippen LogP contribution in [-0.2, 0) is 6.54 Å². The van der Waals surface area contributed by atoms with E-state index in [-0.39, 0.29) is 22.4 Å². The predicted molar refractivity (Wildman–Crippen MR) is 120 cm³/mol. The average Bonchev–Trinajstić information content (AvgIpc) is 3.12. The average molecular weight is 491 g/mol. The number of para-hydroxylation sites is 1. The molecule has 0 N–H and O–H groups in total. The quantitative estimate of drug-likeness (QED) is 0.271. The highest BCUT2D eigenvalue weighted by atomic mass is 16.6. The molecule has 0 spiro atoms. The van der Waals surface area contributed by atoms with E-state index in [1.165, 1.54) is 30.3 Å². The molecule has 36 heavy (non-hydrogen) atoms. The number of nitro benzene ring substituents is 3. The van der Waals surface area contributed by atoms with E-state index < -0.39 is 56.0 Å². The van der Waals surface area contributed by atoms with Crippen molar-refractivity contribution in [2.75, 3.05) is 0 Å². The highest BCUT2D eigenvalue weighted by Crippen LogP contribution is 2.33. The van der Waals surface area contributed by atoms with E-state index in [1.54, 1.807) is 0 Å². The Bertz CT molecular complexity index is 1470. The molecular weight excluding hydrogens is 478 g/mol. The molecule has 0 bridgehead atoms. The molecule has 3 amide bonds. The Morgan fingerprint density at radius 2 is 1.36 bits per heavy atom. The summed E-state index contributed by atoms with van der Waals surface area (Å²) in [5, 5.41) is 34.9. The van der Waals surface area contributed by atoms with Crippen LogP contribution in [0.15, 0.2) is 66.7 Å². The van der Waals surface area contributed by atoms with Crippen LogP contribution in [-0.4, -0.2) is 42.5 Å². The van der Waals surface area contributed by atoms with Gasteiger partial charge in [-0.25, -0.2) is 5.01 Å². The lowest BCUT2D eigenvalue weighted by atomic mass is 10.1. The summed E-state index contributed by atoms with van der Waals surface area (Å²) in [4.78, 5) is 71.6. The molecule has 0 radical (unpaired) electrons. The van der Waals surface area contributed by atoms with Gasteiger partial charge in [-0.3, -0.25) is 44.7 Å². The van der Waals surface area contributed by atoms with Gasteiger partial charge in [-0.05, 0) is 18.2 Å². The van der Waals surface area contributed by atoms with Gasteiger partial charge in [-0.15, -0.1) is 0 Å². The summed E-state index contributed by atoms with van der Waals surface area (Å²) in [6.07, 6.45) is 0. The lowest BCUT2D eigenvalue weighted by Gasteiger charge is -2.30. The second-order valence-electron chi connectivity index (χ2n) is 7.43. The molecule has 0 aliphatic carbocycles. The van der Waals surface area contributed by atoms with Gasteiger partial charge in [0.2, 0.25) is 0 Å². The van der Waals surface area contributed by atoms with Gasteiger partial charge in [0.25, 0.3) is 34.8 Å². The molecule has 1 heterocycles. The Morgan fingerprint density at radius 3 is 1.97 bits per heavy atom. The summed E-state index contributed by atoms with van der Waals surface area (Å²) in [6, 6.07) is 13.0. The Hall–Kier alpha value is -5.53. The number of benzene rings is 3. The number of nitro groups is 3. The molecule has 0 atom stereocenters. The van der Waals surface area contributed by atoms with Crippen LogP contribution in [0.2, 0.25) is 0 Å². The van der Waals surface area contributed by atoms with Crippen molar-refractivity contribution in [1.82, 2.24) is 10.0 Å². The van der Waals surface area contributed by atoms with Gasteiger partial charge in [0.05, 0.1) is 32.4 Å². The standard InChI is InChI=1S/C22H13N5O9/c28-20(13-8-10-15(11-9-13)25(31)32)23(12-14-4-1-2-6-17(14)26(33)34)24-21(29)16-5-3-7-18(27(35)36)19(16)22(24)30/h1-11H,12H2. The van der Waals surface area contributed by atoms with Crippen LogP contribution in [0, 0.1) is 30.3 Å². The zero-order valence-corrected chi connectivity index (χ0v) is 18.0. The van der Waals surface area contributed by atoms with Crippen molar-refractivity contribution in [1.29, 1.82) is 0 Å². The summed E-state index contributed by atoms with van der Waals surface area (Å²) < 4.78 is 0. The first-order chi connectivity index (χ1) is 17.1. The molecule has 1 aliphatic rings. The second kappa shape index (κ2) is 9.02. The maximum absolute atomic E-state index is 13.5. The maximum atomic E-state index is 13.5. The number of rotatable bonds is 7. The van der Waals surface area contributed by atoms with E-state index in [0.29, 0.717) is 10.0 Å². The van der Waals surface area contributed by atoms with E-state index in [9.17, 15) is 44.7 Å². The van der Waals surface area contributed by atoms with Crippen LogP contribution < -0.4 is 0 Å². The van der Waals surface area contributed by atoms with Gasteiger partial charge in [0.15, 0.2) is 0 Å². The third-order valence-corrected chi connectivity index (χ3v) is 5.38. The van der Waals surface area contributed by atoms with Crippen molar-refractivity contribution in [3.8, 4) is 0 Å². The first-order valence-electron chi connectivity index (χ1n) is 10.1. The van der Waals surface area contributed by atoms with E-state index >= 15 is 0 Å². The van der Waals surface area contributed by atoms with Crippen molar-refractivity contribution in [2.24, 2.45) is 0 Å². The van der Waals surface area contributed by atoms with E-state index in [2.05, 4.69) is 0 Å². The van der Waals surface area contributed by atoms with Gasteiger partial charge in [0.1, 0.15) is 5.56 Å². The molecule has 0 saturated carbocycles. The third kappa shape index (κ3) is 3.98. The minimum Gasteiger partial charge on any atom is -0.267 e.